The molecule has 40 heavy (non-hydrogen) atoms. The average molecular weight is 534 g/mol. The molecule has 0 saturated carbocycles. The Hall–Kier alpha value is -5.09. The molecule has 0 saturated heterocycles. The molecule has 0 aliphatic carbocycles. The van der Waals surface area contributed by atoms with Crippen molar-refractivity contribution in [3.8, 4) is 22.9 Å². The summed E-state index contributed by atoms with van der Waals surface area (Å²) < 4.78 is 5.99. The number of hydrogen-bond donors (Lipinski definition) is 4. The molecule has 5 aromatic rings. The summed E-state index contributed by atoms with van der Waals surface area (Å²) in [6.07, 6.45) is 4.97. The van der Waals surface area contributed by atoms with Crippen LogP contribution < -0.4 is 16.0 Å². The molecule has 0 radical (unpaired) electrons. The first kappa shape index (κ1) is 25.2. The summed E-state index contributed by atoms with van der Waals surface area (Å²) in [5.74, 6) is 1.08. The van der Waals surface area contributed by atoms with E-state index in [2.05, 4.69) is 36.1 Å². The van der Waals surface area contributed by atoms with Crippen LogP contribution in [0.25, 0.3) is 22.9 Å². The Morgan fingerprint density at radius 1 is 0.975 bits per heavy atom. The van der Waals surface area contributed by atoms with Crippen molar-refractivity contribution in [3.05, 3.63) is 102 Å². The van der Waals surface area contributed by atoms with Gasteiger partial charge in [0.05, 0.1) is 35.0 Å². The Morgan fingerprint density at radius 3 is 2.58 bits per heavy atom. The van der Waals surface area contributed by atoms with Gasteiger partial charge in [0, 0.05) is 35.9 Å². The summed E-state index contributed by atoms with van der Waals surface area (Å²) in [6, 6.07) is 20.4. The maximum absolute atomic E-state index is 12.3. The van der Waals surface area contributed by atoms with Crippen LogP contribution in [0, 0.1) is 0 Å². The predicted octanol–water partition coefficient (Wildman–Crippen LogP) is 5.06. The van der Waals surface area contributed by atoms with E-state index in [1.165, 1.54) is 0 Å². The van der Waals surface area contributed by atoms with Crippen LogP contribution in [0.1, 0.15) is 41.4 Å². The molecule has 0 bridgehead atoms. The number of nitrogens with one attached hydrogen (secondary N) is 3. The lowest BCUT2D eigenvalue weighted by atomic mass is 9.94. The van der Waals surface area contributed by atoms with Crippen LogP contribution in [0.4, 0.5) is 17.2 Å². The quantitative estimate of drug-likeness (QED) is 0.216. The lowest BCUT2D eigenvalue weighted by Gasteiger charge is -2.21. The van der Waals surface area contributed by atoms with Crippen LogP contribution in [0.15, 0.2) is 89.7 Å². The molecule has 3 aromatic heterocycles. The molecule has 0 unspecified atom stereocenters. The Labute approximate surface area is 230 Å². The van der Waals surface area contributed by atoms with Crippen molar-refractivity contribution >= 4 is 23.1 Å². The van der Waals surface area contributed by atoms with Gasteiger partial charge in [-0.15, -0.1) is 10.2 Å². The van der Waals surface area contributed by atoms with Gasteiger partial charge in [0.25, 0.3) is 11.8 Å². The van der Waals surface area contributed by atoms with E-state index in [-0.39, 0.29) is 18.4 Å². The fourth-order valence-corrected chi connectivity index (χ4v) is 4.76. The third-order valence-corrected chi connectivity index (χ3v) is 6.82. The predicted molar refractivity (Wildman–Crippen MR) is 151 cm³/mol. The minimum absolute atomic E-state index is 0.0818. The van der Waals surface area contributed by atoms with Crippen molar-refractivity contribution in [2.45, 2.75) is 25.4 Å². The highest BCUT2D eigenvalue weighted by Crippen LogP contribution is 2.36. The highest BCUT2D eigenvalue weighted by atomic mass is 16.4. The van der Waals surface area contributed by atoms with Crippen LogP contribution in [0.3, 0.4) is 0 Å². The summed E-state index contributed by atoms with van der Waals surface area (Å²) >= 11 is 0. The minimum Gasteiger partial charge on any atom is -0.416 e. The third kappa shape index (κ3) is 4.87. The Morgan fingerprint density at radius 2 is 1.80 bits per heavy atom. The Bertz CT molecular complexity index is 1670. The van der Waals surface area contributed by atoms with E-state index in [4.69, 9.17) is 4.42 Å². The van der Waals surface area contributed by atoms with E-state index < -0.39 is 11.6 Å². The smallest absolute Gasteiger partial charge is 0.252 e. The van der Waals surface area contributed by atoms with Gasteiger partial charge in [0.15, 0.2) is 0 Å². The molecule has 6 rings (SSSR count). The molecule has 200 valence electrons. The second-order valence-electron chi connectivity index (χ2n) is 10.0. The maximum atomic E-state index is 12.3. The Balaban J connectivity index is 1.36. The molecule has 10 nitrogen and oxygen atoms in total. The van der Waals surface area contributed by atoms with E-state index >= 15 is 0 Å². The summed E-state index contributed by atoms with van der Waals surface area (Å²) in [6.45, 7) is 3.80. The molecule has 0 spiro atoms. The first-order valence-electron chi connectivity index (χ1n) is 12.8. The summed E-state index contributed by atoms with van der Waals surface area (Å²) in [7, 11) is 0. The van der Waals surface area contributed by atoms with Gasteiger partial charge in [-0.05, 0) is 55.3 Å². The molecule has 1 atom stereocenters. The number of rotatable bonds is 8. The second-order valence-corrected chi connectivity index (χ2v) is 10.0. The monoisotopic (exact) mass is 533 g/mol. The number of aliphatic hydroxyl groups excluding tert-OH is 1. The van der Waals surface area contributed by atoms with Crippen LogP contribution in [-0.4, -0.2) is 37.8 Å². The standard InChI is InChI=1S/C30H27N7O3/c1-30(2)23-13-20(10-11-21(23)27(39)35-30)33-26-14-24(34-25(17-38)18-7-4-3-5-8-18)22(16-32-26)29-37-36-28(40-29)19-9-6-12-31-15-19/h3-16,25,38H,17H2,1-2H3,(H,35,39)(H2,32,33,34)/t25-/m1/s1. The number of amides is 1. The zero-order valence-corrected chi connectivity index (χ0v) is 21.9. The number of aliphatic hydroxyl groups is 1. The van der Waals surface area contributed by atoms with Crippen LogP contribution in [0.2, 0.25) is 0 Å². The fraction of sp³-hybridized carbons (Fsp3) is 0.167. The number of carbonyl (C=O) groups excluding carboxylic acids is 1. The van der Waals surface area contributed by atoms with Gasteiger partial charge in [0.2, 0.25) is 5.89 Å². The van der Waals surface area contributed by atoms with Crippen molar-refractivity contribution < 1.29 is 14.3 Å². The molecular formula is C30H27N7O3. The molecule has 10 heteroatoms. The largest absolute Gasteiger partial charge is 0.416 e. The zero-order valence-electron chi connectivity index (χ0n) is 21.9. The molecule has 2 aromatic carbocycles. The normalized spacial score (nSPS) is 14.3. The van der Waals surface area contributed by atoms with Gasteiger partial charge in [-0.25, -0.2) is 4.98 Å². The molecule has 0 fully saturated rings. The van der Waals surface area contributed by atoms with Gasteiger partial charge >= 0.3 is 0 Å². The van der Waals surface area contributed by atoms with Gasteiger partial charge in [0.1, 0.15) is 5.82 Å². The number of aromatic nitrogens is 4. The van der Waals surface area contributed by atoms with E-state index in [9.17, 15) is 9.90 Å². The number of benzene rings is 2. The van der Waals surface area contributed by atoms with Gasteiger partial charge in [-0.3, -0.25) is 9.78 Å². The fourth-order valence-electron chi connectivity index (χ4n) is 4.76. The van der Waals surface area contributed by atoms with Crippen molar-refractivity contribution in [2.75, 3.05) is 17.2 Å². The summed E-state index contributed by atoms with van der Waals surface area (Å²) in [5.41, 5.74) is 4.73. The summed E-state index contributed by atoms with van der Waals surface area (Å²) in [5, 5.41) is 28.4. The molecular weight excluding hydrogens is 506 g/mol. The first-order valence-corrected chi connectivity index (χ1v) is 12.8. The van der Waals surface area contributed by atoms with Gasteiger partial charge in [-0.1, -0.05) is 30.3 Å². The van der Waals surface area contributed by atoms with Crippen LogP contribution in [0.5, 0.6) is 0 Å². The van der Waals surface area contributed by atoms with E-state index in [1.54, 1.807) is 24.7 Å². The maximum Gasteiger partial charge on any atom is 0.252 e. The number of pyridine rings is 2. The molecule has 1 aliphatic rings. The minimum atomic E-state index is -0.470. The van der Waals surface area contributed by atoms with Gasteiger partial charge < -0.3 is 25.5 Å². The Kier molecular flexibility index (Phi) is 6.45. The summed E-state index contributed by atoms with van der Waals surface area (Å²) in [4.78, 5) is 21.0. The zero-order chi connectivity index (χ0) is 27.7. The molecule has 4 heterocycles. The van der Waals surface area contributed by atoms with Crippen LogP contribution in [-0.2, 0) is 5.54 Å². The lowest BCUT2D eigenvalue weighted by Crippen LogP contribution is -2.32. The van der Waals surface area contributed by atoms with Crippen molar-refractivity contribution in [1.29, 1.82) is 0 Å². The van der Waals surface area contributed by atoms with Crippen molar-refractivity contribution in [3.63, 3.8) is 0 Å². The van der Waals surface area contributed by atoms with Gasteiger partial charge in [-0.2, -0.15) is 0 Å². The lowest BCUT2D eigenvalue weighted by molar-refractivity contribution is 0.0940. The van der Waals surface area contributed by atoms with E-state index in [0.29, 0.717) is 34.1 Å². The SMILES string of the molecule is CC1(C)NC(=O)c2ccc(Nc3cc(N[C@H](CO)c4ccccc4)c(-c4nnc(-c5cccnc5)o4)cn3)cc21. The third-order valence-electron chi connectivity index (χ3n) is 6.82. The second kappa shape index (κ2) is 10.2. The molecule has 4 N–H and O–H groups in total. The van der Waals surface area contributed by atoms with Crippen molar-refractivity contribution in [2.24, 2.45) is 0 Å². The van der Waals surface area contributed by atoms with Crippen molar-refractivity contribution in [1.82, 2.24) is 25.5 Å². The van der Waals surface area contributed by atoms with E-state index in [0.717, 1.165) is 16.8 Å². The highest BCUT2D eigenvalue weighted by Gasteiger charge is 2.35. The highest BCUT2D eigenvalue weighted by molar-refractivity contribution is 6.00. The van der Waals surface area contributed by atoms with E-state index in [1.807, 2.05) is 74.5 Å². The molecule has 1 aliphatic heterocycles. The number of hydrogen-bond acceptors (Lipinski definition) is 9. The topological polar surface area (TPSA) is 138 Å². The number of carbonyl (C=O) groups is 1. The molecule has 1 amide bonds. The first-order chi connectivity index (χ1) is 19.4. The number of anilines is 3. The number of fused-ring (bicyclic) bond motifs is 1. The average Bonchev–Trinajstić information content (AvgIpc) is 3.55. The number of nitrogens with zero attached hydrogens (tertiary/aromatic N) is 4. The van der Waals surface area contributed by atoms with Crippen LogP contribution >= 0.6 is 0 Å².